The lowest BCUT2D eigenvalue weighted by atomic mass is 9.44. The van der Waals surface area contributed by atoms with E-state index < -0.39 is 6.16 Å². The largest absolute Gasteiger partial charge is 0.508 e. The Kier molecular flexibility index (Phi) is 7.36. The van der Waals surface area contributed by atoms with Crippen molar-refractivity contribution in [3.63, 3.8) is 0 Å². The monoisotopic (exact) mass is 475 g/mol. The molecular weight excluding hydrogens is 430 g/mol. The molecule has 0 heterocycles. The van der Waals surface area contributed by atoms with Crippen molar-refractivity contribution in [1.82, 2.24) is 5.32 Å². The zero-order valence-electron chi connectivity index (χ0n) is 21.9. The van der Waals surface area contributed by atoms with Crippen LogP contribution in [0.4, 0.5) is 4.79 Å². The molecule has 4 rings (SSSR count). The van der Waals surface area contributed by atoms with E-state index in [2.05, 4.69) is 19.2 Å². The van der Waals surface area contributed by atoms with Gasteiger partial charge in [-0.1, -0.05) is 27.7 Å². The Balaban J connectivity index is 1.30. The molecule has 0 aromatic rings. The number of ketones is 1. The second-order valence-electron chi connectivity index (χ2n) is 12.5. The minimum atomic E-state index is -0.615. The highest BCUT2D eigenvalue weighted by atomic mass is 16.7. The van der Waals surface area contributed by atoms with Crippen LogP contribution in [0, 0.1) is 46.3 Å². The van der Waals surface area contributed by atoms with Gasteiger partial charge in [-0.25, -0.2) is 4.79 Å². The predicted octanol–water partition coefficient (Wildman–Crippen LogP) is 5.53. The van der Waals surface area contributed by atoms with Crippen molar-refractivity contribution in [2.75, 3.05) is 13.2 Å². The van der Waals surface area contributed by atoms with Crippen LogP contribution < -0.4 is 5.32 Å². The van der Waals surface area contributed by atoms with Crippen LogP contribution in [0.2, 0.25) is 0 Å². The number of rotatable bonds is 6. The first-order chi connectivity index (χ1) is 16.1. The molecule has 0 saturated heterocycles. The Morgan fingerprint density at radius 1 is 0.941 bits per heavy atom. The van der Waals surface area contributed by atoms with Gasteiger partial charge in [0, 0.05) is 11.8 Å². The molecule has 1 amide bonds. The second-order valence-corrected chi connectivity index (χ2v) is 12.5. The molecular formula is C28H45NO5. The smallest absolute Gasteiger partial charge is 0.432 e. The summed E-state index contributed by atoms with van der Waals surface area (Å²) < 4.78 is 10.9. The van der Waals surface area contributed by atoms with Crippen LogP contribution in [-0.2, 0) is 19.1 Å². The van der Waals surface area contributed by atoms with E-state index in [-0.39, 0.29) is 35.9 Å². The van der Waals surface area contributed by atoms with Gasteiger partial charge in [-0.2, -0.15) is 0 Å². The molecule has 6 nitrogen and oxygen atoms in total. The summed E-state index contributed by atoms with van der Waals surface area (Å²) in [4.78, 5) is 36.2. The van der Waals surface area contributed by atoms with E-state index in [0.29, 0.717) is 29.6 Å². The third kappa shape index (κ3) is 4.63. The highest BCUT2D eigenvalue weighted by Crippen LogP contribution is 2.67. The summed E-state index contributed by atoms with van der Waals surface area (Å²) in [5, 5.41) is 2.75. The number of carbonyl (C=O) groups excluding carboxylic acids is 3. The Morgan fingerprint density at radius 2 is 1.65 bits per heavy atom. The van der Waals surface area contributed by atoms with Gasteiger partial charge in [0.25, 0.3) is 0 Å². The maximum Gasteiger partial charge on any atom is 0.508 e. The minimum Gasteiger partial charge on any atom is -0.432 e. The van der Waals surface area contributed by atoms with E-state index in [4.69, 9.17) is 9.47 Å². The summed E-state index contributed by atoms with van der Waals surface area (Å²) in [5.41, 5.74) is 0.512. The van der Waals surface area contributed by atoms with Crippen molar-refractivity contribution in [2.24, 2.45) is 46.3 Å². The van der Waals surface area contributed by atoms with Crippen LogP contribution in [-0.4, -0.2) is 37.1 Å². The molecule has 0 radical (unpaired) electrons. The molecule has 0 aromatic heterocycles. The lowest BCUT2D eigenvalue weighted by molar-refractivity contribution is -0.139. The van der Waals surface area contributed by atoms with E-state index in [1.165, 1.54) is 32.1 Å². The third-order valence-electron chi connectivity index (χ3n) is 10.5. The molecule has 34 heavy (non-hydrogen) atoms. The van der Waals surface area contributed by atoms with Gasteiger partial charge >= 0.3 is 6.16 Å². The zero-order chi connectivity index (χ0) is 24.7. The second kappa shape index (κ2) is 9.81. The molecule has 4 aliphatic rings. The molecule has 4 saturated carbocycles. The number of Topliss-reactive ketones (excluding diaryl/α,β-unsaturated/α-hetero) is 1. The van der Waals surface area contributed by atoms with Gasteiger partial charge in [0.15, 0.2) is 0 Å². The molecule has 0 aromatic carbocycles. The van der Waals surface area contributed by atoms with Crippen LogP contribution in [0.1, 0.15) is 92.4 Å². The van der Waals surface area contributed by atoms with Crippen LogP contribution in [0.3, 0.4) is 0 Å². The molecule has 1 N–H and O–H groups in total. The molecule has 0 aliphatic heterocycles. The van der Waals surface area contributed by atoms with Crippen molar-refractivity contribution in [3.8, 4) is 0 Å². The van der Waals surface area contributed by atoms with Crippen LogP contribution in [0.25, 0.3) is 0 Å². The topological polar surface area (TPSA) is 81.7 Å². The number of carbonyl (C=O) groups is 3. The van der Waals surface area contributed by atoms with E-state index in [0.717, 1.165) is 37.5 Å². The van der Waals surface area contributed by atoms with Crippen molar-refractivity contribution in [2.45, 2.75) is 98.5 Å². The summed E-state index contributed by atoms with van der Waals surface area (Å²) in [6, 6.07) is 0. The zero-order valence-corrected chi connectivity index (χ0v) is 21.9. The lowest BCUT2D eigenvalue weighted by Gasteiger charge is -2.61. The molecule has 4 fully saturated rings. The molecule has 4 aliphatic carbocycles. The quantitative estimate of drug-likeness (QED) is 0.404. The Bertz CT molecular complexity index is 796. The third-order valence-corrected chi connectivity index (χ3v) is 10.5. The van der Waals surface area contributed by atoms with Crippen LogP contribution in [0.15, 0.2) is 0 Å². The normalized spacial score (nSPS) is 41.1. The fourth-order valence-electron chi connectivity index (χ4n) is 8.68. The Hall–Kier alpha value is -1.59. The highest BCUT2D eigenvalue weighted by molar-refractivity contribution is 5.79. The van der Waals surface area contributed by atoms with Gasteiger partial charge in [-0.05, 0) is 99.2 Å². The fourth-order valence-corrected chi connectivity index (χ4v) is 8.68. The SMILES string of the molecule is CC(=O)[C@H]1CC[C@H]2[C@@H]3CC[C@H]4C[C@H](OC(=O)OCCNC(=O)C(C)C)CC[C@]4(C)[C@H]3CC[C@]12C. The van der Waals surface area contributed by atoms with Gasteiger partial charge in [-0.15, -0.1) is 0 Å². The molecule has 192 valence electrons. The van der Waals surface area contributed by atoms with Gasteiger partial charge in [0.2, 0.25) is 5.91 Å². The van der Waals surface area contributed by atoms with Gasteiger partial charge in [0.1, 0.15) is 18.5 Å². The Morgan fingerprint density at radius 3 is 2.35 bits per heavy atom. The lowest BCUT2D eigenvalue weighted by Crippen LogP contribution is -2.54. The summed E-state index contributed by atoms with van der Waals surface area (Å²) in [6.07, 6.45) is 9.41. The van der Waals surface area contributed by atoms with Crippen LogP contribution >= 0.6 is 0 Å². The fraction of sp³-hybridized carbons (Fsp3) is 0.893. The number of nitrogens with one attached hydrogen (secondary N) is 1. The maximum atomic E-state index is 12.4. The summed E-state index contributed by atoms with van der Waals surface area (Å²) >= 11 is 0. The maximum absolute atomic E-state index is 12.4. The van der Waals surface area contributed by atoms with Gasteiger partial charge in [0.05, 0.1) is 6.54 Å². The van der Waals surface area contributed by atoms with Crippen molar-refractivity contribution >= 4 is 17.8 Å². The van der Waals surface area contributed by atoms with Crippen LogP contribution in [0.5, 0.6) is 0 Å². The van der Waals surface area contributed by atoms with Crippen molar-refractivity contribution in [3.05, 3.63) is 0 Å². The Labute approximate surface area is 205 Å². The molecule has 8 atom stereocenters. The number of hydrogen-bond donors (Lipinski definition) is 1. The first-order valence-electron chi connectivity index (χ1n) is 13.7. The van der Waals surface area contributed by atoms with Crippen molar-refractivity contribution < 1.29 is 23.9 Å². The number of ether oxygens (including phenoxy) is 2. The van der Waals surface area contributed by atoms with Gasteiger partial charge in [-0.3, -0.25) is 9.59 Å². The van der Waals surface area contributed by atoms with E-state index in [1.54, 1.807) is 6.92 Å². The molecule has 0 bridgehead atoms. The number of hydrogen-bond acceptors (Lipinski definition) is 5. The molecule has 6 heteroatoms. The summed E-state index contributed by atoms with van der Waals surface area (Å²) in [6.45, 7) is 10.8. The van der Waals surface area contributed by atoms with Gasteiger partial charge < -0.3 is 14.8 Å². The predicted molar refractivity (Wildman–Crippen MR) is 130 cm³/mol. The standard InChI is InChI=1S/C28H45NO5/c1-17(2)25(31)29-14-15-33-26(32)34-20-10-12-27(4)19(16-20)6-7-21-23-9-8-22(18(3)30)28(23,5)13-11-24(21)27/h17,19-24H,6-16H2,1-5H3,(H,29,31)/t19-,20+,21-,22+,23-,24-,27-,28+/m0/s1. The molecule has 0 unspecified atom stereocenters. The first-order valence-corrected chi connectivity index (χ1v) is 13.7. The summed E-state index contributed by atoms with van der Waals surface area (Å²) in [7, 11) is 0. The molecule has 0 spiro atoms. The average Bonchev–Trinajstić information content (AvgIpc) is 3.14. The minimum absolute atomic E-state index is 0.0448. The number of fused-ring (bicyclic) bond motifs is 5. The van der Waals surface area contributed by atoms with E-state index >= 15 is 0 Å². The van der Waals surface area contributed by atoms with E-state index in [9.17, 15) is 14.4 Å². The van der Waals surface area contributed by atoms with Crippen molar-refractivity contribution in [1.29, 1.82) is 0 Å². The first kappa shape index (κ1) is 25.5. The van der Waals surface area contributed by atoms with E-state index in [1.807, 2.05) is 13.8 Å². The highest BCUT2D eigenvalue weighted by Gasteiger charge is 2.60. The number of amides is 1. The summed E-state index contributed by atoms with van der Waals surface area (Å²) in [5.74, 6) is 3.28. The average molecular weight is 476 g/mol.